The average molecular weight is 206 g/mol. The number of amides is 1. The van der Waals surface area contributed by atoms with Gasteiger partial charge in [-0.1, -0.05) is 37.3 Å². The summed E-state index contributed by atoms with van der Waals surface area (Å²) in [5.41, 5.74) is 3.49. The van der Waals surface area contributed by atoms with E-state index in [1.807, 2.05) is 25.1 Å². The third-order valence-corrected chi connectivity index (χ3v) is 2.54. The second-order valence-corrected chi connectivity index (χ2v) is 3.79. The fraction of sp³-hybridized carbons (Fsp3) is 0.417. The standard InChI is InChI=1S/C12H18N2O/c1-10(12(15)14-13)6-5-9-11-7-3-2-4-8-11/h2-4,7-8,10H,5-6,9,13H2,1H3,(H,14,15). The van der Waals surface area contributed by atoms with E-state index < -0.39 is 0 Å². The zero-order valence-corrected chi connectivity index (χ0v) is 9.07. The highest BCUT2D eigenvalue weighted by Crippen LogP contribution is 2.10. The van der Waals surface area contributed by atoms with E-state index in [2.05, 4.69) is 17.6 Å². The predicted octanol–water partition coefficient (Wildman–Crippen LogP) is 1.64. The molecule has 3 nitrogen and oxygen atoms in total. The summed E-state index contributed by atoms with van der Waals surface area (Å²) in [5.74, 6) is 4.97. The zero-order chi connectivity index (χ0) is 11.1. The van der Waals surface area contributed by atoms with Crippen molar-refractivity contribution >= 4 is 5.91 Å². The number of nitrogens with two attached hydrogens (primary N) is 1. The van der Waals surface area contributed by atoms with E-state index in [-0.39, 0.29) is 11.8 Å². The minimum absolute atomic E-state index is 0.00119. The van der Waals surface area contributed by atoms with Gasteiger partial charge in [-0.15, -0.1) is 0 Å². The number of hydrogen-bond donors (Lipinski definition) is 2. The molecule has 0 spiro atoms. The van der Waals surface area contributed by atoms with Crippen molar-refractivity contribution in [3.63, 3.8) is 0 Å². The third-order valence-electron chi connectivity index (χ3n) is 2.54. The monoisotopic (exact) mass is 206 g/mol. The molecule has 1 aromatic rings. The molecule has 0 bridgehead atoms. The fourth-order valence-electron chi connectivity index (χ4n) is 1.53. The van der Waals surface area contributed by atoms with Crippen LogP contribution in [0, 0.1) is 5.92 Å². The molecular weight excluding hydrogens is 188 g/mol. The van der Waals surface area contributed by atoms with Crippen LogP contribution in [0.15, 0.2) is 30.3 Å². The Bertz CT molecular complexity index is 298. The third kappa shape index (κ3) is 4.13. The van der Waals surface area contributed by atoms with Gasteiger partial charge in [-0.05, 0) is 24.8 Å². The van der Waals surface area contributed by atoms with Crippen molar-refractivity contribution in [1.29, 1.82) is 0 Å². The Kier molecular flexibility index (Phi) is 4.84. The predicted molar refractivity (Wildman–Crippen MR) is 60.9 cm³/mol. The molecule has 1 unspecified atom stereocenters. The fourth-order valence-corrected chi connectivity index (χ4v) is 1.53. The Morgan fingerprint density at radius 2 is 2.07 bits per heavy atom. The van der Waals surface area contributed by atoms with Gasteiger partial charge in [-0.2, -0.15) is 0 Å². The quantitative estimate of drug-likeness (QED) is 0.437. The van der Waals surface area contributed by atoms with Crippen molar-refractivity contribution in [3.8, 4) is 0 Å². The van der Waals surface area contributed by atoms with Crippen LogP contribution in [0.5, 0.6) is 0 Å². The van der Waals surface area contributed by atoms with Gasteiger partial charge in [0.15, 0.2) is 0 Å². The Morgan fingerprint density at radius 1 is 1.40 bits per heavy atom. The molecule has 0 saturated heterocycles. The van der Waals surface area contributed by atoms with E-state index in [0.717, 1.165) is 19.3 Å². The molecule has 0 aromatic heterocycles. The summed E-state index contributed by atoms with van der Waals surface area (Å²) < 4.78 is 0. The first-order valence-electron chi connectivity index (χ1n) is 5.28. The van der Waals surface area contributed by atoms with Crippen LogP contribution >= 0.6 is 0 Å². The maximum Gasteiger partial charge on any atom is 0.236 e. The van der Waals surface area contributed by atoms with Crippen LogP contribution in [0.25, 0.3) is 0 Å². The van der Waals surface area contributed by atoms with Gasteiger partial charge in [0, 0.05) is 5.92 Å². The Balaban J connectivity index is 2.25. The number of carbonyl (C=O) groups is 1. The van der Waals surface area contributed by atoms with Crippen LogP contribution in [-0.2, 0) is 11.2 Å². The maximum atomic E-state index is 11.1. The number of rotatable bonds is 5. The topological polar surface area (TPSA) is 55.1 Å². The van der Waals surface area contributed by atoms with Crippen molar-refractivity contribution in [2.75, 3.05) is 0 Å². The molecule has 0 aliphatic carbocycles. The number of hydrazine groups is 1. The second kappa shape index (κ2) is 6.19. The lowest BCUT2D eigenvalue weighted by atomic mass is 10.0. The number of hydrogen-bond acceptors (Lipinski definition) is 2. The van der Waals surface area contributed by atoms with E-state index in [0.29, 0.717) is 0 Å². The highest BCUT2D eigenvalue weighted by molar-refractivity contribution is 5.77. The molecule has 82 valence electrons. The highest BCUT2D eigenvalue weighted by atomic mass is 16.2. The van der Waals surface area contributed by atoms with Crippen molar-refractivity contribution in [1.82, 2.24) is 5.43 Å². The lowest BCUT2D eigenvalue weighted by Crippen LogP contribution is -2.34. The molecule has 0 aliphatic rings. The van der Waals surface area contributed by atoms with Gasteiger partial charge < -0.3 is 0 Å². The van der Waals surface area contributed by atoms with Crippen LogP contribution in [0.4, 0.5) is 0 Å². The molecule has 0 radical (unpaired) electrons. The van der Waals surface area contributed by atoms with Crippen molar-refractivity contribution in [2.24, 2.45) is 11.8 Å². The lowest BCUT2D eigenvalue weighted by molar-refractivity contribution is -0.124. The molecule has 1 amide bonds. The molecule has 3 heteroatoms. The summed E-state index contributed by atoms with van der Waals surface area (Å²) in [6.45, 7) is 1.90. The largest absolute Gasteiger partial charge is 0.294 e. The van der Waals surface area contributed by atoms with Crippen molar-refractivity contribution in [3.05, 3.63) is 35.9 Å². The molecule has 1 aromatic carbocycles. The summed E-state index contributed by atoms with van der Waals surface area (Å²) in [7, 11) is 0. The number of benzene rings is 1. The molecule has 1 atom stereocenters. The lowest BCUT2D eigenvalue weighted by Gasteiger charge is -2.08. The van der Waals surface area contributed by atoms with Gasteiger partial charge in [0.25, 0.3) is 0 Å². The van der Waals surface area contributed by atoms with E-state index in [9.17, 15) is 4.79 Å². The van der Waals surface area contributed by atoms with Crippen molar-refractivity contribution < 1.29 is 4.79 Å². The first-order chi connectivity index (χ1) is 7.24. The van der Waals surface area contributed by atoms with Gasteiger partial charge in [0.2, 0.25) is 5.91 Å². The van der Waals surface area contributed by atoms with Crippen LogP contribution in [0.1, 0.15) is 25.3 Å². The van der Waals surface area contributed by atoms with Crippen LogP contribution in [0.2, 0.25) is 0 Å². The summed E-state index contributed by atoms with van der Waals surface area (Å²) in [6.07, 6.45) is 2.90. The van der Waals surface area contributed by atoms with E-state index in [1.54, 1.807) is 0 Å². The van der Waals surface area contributed by atoms with Crippen molar-refractivity contribution in [2.45, 2.75) is 26.2 Å². The molecule has 15 heavy (non-hydrogen) atoms. The number of nitrogens with one attached hydrogen (secondary N) is 1. The van der Waals surface area contributed by atoms with Crippen LogP contribution in [-0.4, -0.2) is 5.91 Å². The zero-order valence-electron chi connectivity index (χ0n) is 9.07. The highest BCUT2D eigenvalue weighted by Gasteiger charge is 2.10. The molecule has 0 aliphatic heterocycles. The first kappa shape index (κ1) is 11.7. The second-order valence-electron chi connectivity index (χ2n) is 3.79. The SMILES string of the molecule is CC(CCCc1ccccc1)C(=O)NN. The first-order valence-corrected chi connectivity index (χ1v) is 5.28. The smallest absolute Gasteiger partial charge is 0.236 e. The molecule has 0 fully saturated rings. The van der Waals surface area contributed by atoms with E-state index in [4.69, 9.17) is 5.84 Å². The number of carbonyl (C=O) groups excluding carboxylic acids is 1. The van der Waals surface area contributed by atoms with Gasteiger partial charge >= 0.3 is 0 Å². The molecule has 1 rings (SSSR count). The van der Waals surface area contributed by atoms with Gasteiger partial charge in [-0.3, -0.25) is 10.2 Å². The van der Waals surface area contributed by atoms with E-state index in [1.165, 1.54) is 5.56 Å². The summed E-state index contributed by atoms with van der Waals surface area (Å²) in [4.78, 5) is 11.1. The summed E-state index contributed by atoms with van der Waals surface area (Å²) in [6, 6.07) is 10.3. The number of aryl methyl sites for hydroxylation is 1. The molecular formula is C12H18N2O. The van der Waals surface area contributed by atoms with Gasteiger partial charge in [0.05, 0.1) is 0 Å². The van der Waals surface area contributed by atoms with Gasteiger partial charge in [-0.25, -0.2) is 5.84 Å². The Hall–Kier alpha value is -1.35. The maximum absolute atomic E-state index is 11.1. The van der Waals surface area contributed by atoms with Crippen LogP contribution < -0.4 is 11.3 Å². The molecule has 0 heterocycles. The molecule has 3 N–H and O–H groups in total. The van der Waals surface area contributed by atoms with E-state index >= 15 is 0 Å². The Morgan fingerprint density at radius 3 is 2.67 bits per heavy atom. The normalized spacial score (nSPS) is 12.1. The Labute approximate surface area is 90.6 Å². The minimum Gasteiger partial charge on any atom is -0.294 e. The molecule has 0 saturated carbocycles. The minimum atomic E-state index is -0.0805. The van der Waals surface area contributed by atoms with Crippen LogP contribution in [0.3, 0.4) is 0 Å². The summed E-state index contributed by atoms with van der Waals surface area (Å²) in [5, 5.41) is 0. The van der Waals surface area contributed by atoms with Gasteiger partial charge in [0.1, 0.15) is 0 Å². The summed E-state index contributed by atoms with van der Waals surface area (Å²) >= 11 is 0. The average Bonchev–Trinajstić information content (AvgIpc) is 2.29.